The molecule has 0 aliphatic rings. The van der Waals surface area contributed by atoms with E-state index in [2.05, 4.69) is 15.5 Å². The highest BCUT2D eigenvalue weighted by Gasteiger charge is 2.11. The van der Waals surface area contributed by atoms with E-state index in [0.717, 1.165) is 5.69 Å². The first-order chi connectivity index (χ1) is 12.2. The number of rotatable bonds is 4. The quantitative estimate of drug-likeness (QED) is 0.588. The molecule has 6 nitrogen and oxygen atoms in total. The lowest BCUT2D eigenvalue weighted by molar-refractivity contribution is -0.112. The van der Waals surface area contributed by atoms with Crippen molar-refractivity contribution in [3.63, 3.8) is 0 Å². The molecular weight excluding hydrogens is 321 g/mol. The van der Waals surface area contributed by atoms with Crippen LogP contribution in [0.4, 0.5) is 10.1 Å². The normalized spacial score (nSPS) is 11.0. The van der Waals surface area contributed by atoms with Crippen LogP contribution in [0.3, 0.4) is 0 Å². The molecule has 1 amide bonds. The van der Waals surface area contributed by atoms with E-state index in [1.807, 2.05) is 36.4 Å². The number of carbonyl (C=O) groups excluding carboxylic acids is 1. The molecule has 122 valence electrons. The molecule has 0 atom stereocenters. The van der Waals surface area contributed by atoms with Gasteiger partial charge in [-0.1, -0.05) is 18.2 Å². The first kappa shape index (κ1) is 16.1. The Morgan fingerprint density at radius 2 is 1.88 bits per heavy atom. The van der Waals surface area contributed by atoms with Crippen molar-refractivity contribution in [2.24, 2.45) is 0 Å². The Morgan fingerprint density at radius 3 is 2.56 bits per heavy atom. The van der Waals surface area contributed by atoms with Crippen LogP contribution < -0.4 is 5.32 Å². The van der Waals surface area contributed by atoms with Gasteiger partial charge in [0.05, 0.1) is 11.9 Å². The summed E-state index contributed by atoms with van der Waals surface area (Å²) < 4.78 is 12.9. The fraction of sp³-hybridized carbons (Fsp3) is 0. The Labute approximate surface area is 142 Å². The van der Waals surface area contributed by atoms with Crippen LogP contribution in [0.2, 0.25) is 0 Å². The Bertz CT molecular complexity index is 955. The second kappa shape index (κ2) is 7.19. The molecule has 25 heavy (non-hydrogen) atoms. The number of nitrogens with one attached hydrogen (secondary N) is 1. The summed E-state index contributed by atoms with van der Waals surface area (Å²) in [4.78, 5) is 13.6. The highest BCUT2D eigenvalue weighted by atomic mass is 19.1. The second-order valence-corrected chi connectivity index (χ2v) is 5.03. The number of nitriles is 1. The van der Waals surface area contributed by atoms with Gasteiger partial charge in [-0.15, -0.1) is 5.10 Å². The molecule has 0 aliphatic carbocycles. The minimum Gasteiger partial charge on any atom is -0.321 e. The average molecular weight is 333 g/mol. The van der Waals surface area contributed by atoms with Crippen molar-refractivity contribution in [1.82, 2.24) is 15.0 Å². The zero-order chi connectivity index (χ0) is 17.6. The number of hydrogen-bond acceptors (Lipinski definition) is 4. The van der Waals surface area contributed by atoms with E-state index < -0.39 is 11.7 Å². The zero-order valence-electron chi connectivity index (χ0n) is 12.9. The molecule has 0 spiro atoms. The van der Waals surface area contributed by atoms with E-state index in [9.17, 15) is 14.4 Å². The monoisotopic (exact) mass is 333 g/mol. The van der Waals surface area contributed by atoms with Gasteiger partial charge in [-0.3, -0.25) is 4.79 Å². The average Bonchev–Trinajstić information content (AvgIpc) is 3.11. The number of hydrogen-bond donors (Lipinski definition) is 1. The molecule has 1 N–H and O–H groups in total. The molecule has 3 aromatic rings. The summed E-state index contributed by atoms with van der Waals surface area (Å²) in [7, 11) is 0. The van der Waals surface area contributed by atoms with Crippen LogP contribution >= 0.6 is 0 Å². The Morgan fingerprint density at radius 1 is 1.16 bits per heavy atom. The molecule has 0 radical (unpaired) electrons. The van der Waals surface area contributed by atoms with Crippen LogP contribution in [0.25, 0.3) is 11.8 Å². The largest absolute Gasteiger partial charge is 0.321 e. The maximum absolute atomic E-state index is 12.9. The lowest BCUT2D eigenvalue weighted by Gasteiger charge is -2.03. The topological polar surface area (TPSA) is 83.6 Å². The number of nitrogens with zero attached hydrogens (tertiary/aromatic N) is 4. The number of aromatic nitrogens is 3. The van der Waals surface area contributed by atoms with E-state index >= 15 is 0 Å². The number of carbonyl (C=O) groups is 1. The van der Waals surface area contributed by atoms with Gasteiger partial charge in [0.15, 0.2) is 0 Å². The molecule has 7 heteroatoms. The highest BCUT2D eigenvalue weighted by molar-refractivity contribution is 6.09. The third-order valence-electron chi connectivity index (χ3n) is 3.26. The molecule has 1 aromatic heterocycles. The van der Waals surface area contributed by atoms with Gasteiger partial charge in [-0.05, 0) is 42.5 Å². The van der Waals surface area contributed by atoms with Crippen molar-refractivity contribution in [2.45, 2.75) is 0 Å². The molecular formula is C18H12FN5O. The van der Waals surface area contributed by atoms with Crippen LogP contribution in [0.5, 0.6) is 0 Å². The molecule has 0 aliphatic heterocycles. The molecule has 0 bridgehead atoms. The van der Waals surface area contributed by atoms with Crippen LogP contribution in [0, 0.1) is 17.1 Å². The number of anilines is 1. The van der Waals surface area contributed by atoms with Crippen LogP contribution in [0.1, 0.15) is 5.69 Å². The van der Waals surface area contributed by atoms with Crippen molar-refractivity contribution >= 4 is 17.7 Å². The van der Waals surface area contributed by atoms with Gasteiger partial charge in [-0.25, -0.2) is 4.39 Å². The fourth-order valence-corrected chi connectivity index (χ4v) is 2.05. The summed E-state index contributed by atoms with van der Waals surface area (Å²) in [5.41, 5.74) is 1.39. The lowest BCUT2D eigenvalue weighted by Crippen LogP contribution is -2.13. The maximum atomic E-state index is 12.9. The van der Waals surface area contributed by atoms with Crippen molar-refractivity contribution in [3.8, 4) is 11.8 Å². The first-order valence-electron chi connectivity index (χ1n) is 7.32. The summed E-state index contributed by atoms with van der Waals surface area (Å²) in [5, 5.41) is 20.1. The van der Waals surface area contributed by atoms with Crippen LogP contribution in [-0.2, 0) is 4.79 Å². The molecule has 0 unspecified atom stereocenters. The van der Waals surface area contributed by atoms with Gasteiger partial charge < -0.3 is 5.32 Å². The van der Waals surface area contributed by atoms with Crippen LogP contribution in [0.15, 0.2) is 66.4 Å². The molecule has 2 aromatic carbocycles. The van der Waals surface area contributed by atoms with Crippen molar-refractivity contribution < 1.29 is 9.18 Å². The standard InChI is InChI=1S/C18H12FN5O/c19-14-6-8-15(9-7-14)22-18(25)13(11-20)10-16-12-21-24(23-16)17-4-2-1-3-5-17/h1-10,12H,(H,22,25)/b13-10+. The van der Waals surface area contributed by atoms with E-state index in [4.69, 9.17) is 0 Å². The fourth-order valence-electron chi connectivity index (χ4n) is 2.05. The molecule has 0 fully saturated rings. The summed E-state index contributed by atoms with van der Waals surface area (Å²) in [5.74, 6) is -1.02. The molecule has 1 heterocycles. The lowest BCUT2D eigenvalue weighted by atomic mass is 10.2. The SMILES string of the molecule is N#C/C(=C\c1cnn(-c2ccccc2)n1)C(=O)Nc1ccc(F)cc1. The van der Waals surface area contributed by atoms with Gasteiger partial charge in [0, 0.05) is 5.69 Å². The Hall–Kier alpha value is -3.79. The van der Waals surface area contributed by atoms with Crippen molar-refractivity contribution in [1.29, 1.82) is 5.26 Å². The first-order valence-corrected chi connectivity index (χ1v) is 7.32. The predicted octanol–water partition coefficient (Wildman–Crippen LogP) is 2.95. The number of amides is 1. The summed E-state index contributed by atoms with van der Waals surface area (Å²) in [6, 6.07) is 16.3. The van der Waals surface area contributed by atoms with Crippen molar-refractivity contribution in [3.05, 3.63) is 77.9 Å². The number of halogens is 1. The van der Waals surface area contributed by atoms with E-state index in [-0.39, 0.29) is 5.57 Å². The van der Waals surface area contributed by atoms with E-state index in [1.165, 1.54) is 41.3 Å². The van der Waals surface area contributed by atoms with Gasteiger partial charge in [0.1, 0.15) is 23.2 Å². The smallest absolute Gasteiger partial charge is 0.266 e. The van der Waals surface area contributed by atoms with E-state index in [1.54, 1.807) is 0 Å². The van der Waals surface area contributed by atoms with Crippen molar-refractivity contribution in [2.75, 3.05) is 5.32 Å². The second-order valence-electron chi connectivity index (χ2n) is 5.03. The molecule has 3 rings (SSSR count). The summed E-state index contributed by atoms with van der Waals surface area (Å²) in [6.07, 6.45) is 2.79. The third-order valence-corrected chi connectivity index (χ3v) is 3.26. The van der Waals surface area contributed by atoms with Crippen LogP contribution in [-0.4, -0.2) is 20.9 Å². The Kier molecular flexibility index (Phi) is 4.62. The number of para-hydroxylation sites is 1. The van der Waals surface area contributed by atoms with Gasteiger partial charge >= 0.3 is 0 Å². The molecule has 0 saturated carbocycles. The summed E-state index contributed by atoms with van der Waals surface area (Å²) >= 11 is 0. The number of benzene rings is 2. The summed E-state index contributed by atoms with van der Waals surface area (Å²) in [6.45, 7) is 0. The van der Waals surface area contributed by atoms with E-state index in [0.29, 0.717) is 11.4 Å². The highest BCUT2D eigenvalue weighted by Crippen LogP contribution is 2.12. The zero-order valence-corrected chi connectivity index (χ0v) is 12.9. The van der Waals surface area contributed by atoms with Gasteiger partial charge in [0.2, 0.25) is 0 Å². The maximum Gasteiger partial charge on any atom is 0.266 e. The minimum atomic E-state index is -0.608. The van der Waals surface area contributed by atoms with Gasteiger partial charge in [0.25, 0.3) is 5.91 Å². The minimum absolute atomic E-state index is 0.135. The Balaban J connectivity index is 1.78. The third kappa shape index (κ3) is 3.95. The van der Waals surface area contributed by atoms with Gasteiger partial charge in [-0.2, -0.15) is 15.2 Å². The molecule has 0 saturated heterocycles. The predicted molar refractivity (Wildman–Crippen MR) is 90.0 cm³/mol.